The summed E-state index contributed by atoms with van der Waals surface area (Å²) in [6, 6.07) is -1.04. The van der Waals surface area contributed by atoms with E-state index in [1.165, 1.54) is 0 Å². The van der Waals surface area contributed by atoms with Crippen LogP contribution >= 0.6 is 12.4 Å². The summed E-state index contributed by atoms with van der Waals surface area (Å²) in [6.45, 7) is -0.972. The average molecular weight is 236 g/mol. The van der Waals surface area contributed by atoms with Gasteiger partial charge in [-0.05, 0) is 0 Å². The van der Waals surface area contributed by atoms with Crippen molar-refractivity contribution in [2.45, 2.75) is 18.3 Å². The summed E-state index contributed by atoms with van der Waals surface area (Å²) in [5.41, 5.74) is 0. The van der Waals surface area contributed by atoms with E-state index in [0.717, 1.165) is 0 Å². The zero-order valence-corrected chi connectivity index (χ0v) is 7.69. The molecule has 1 aliphatic rings. The minimum Gasteiger partial charge on any atom is -0.480 e. The van der Waals surface area contributed by atoms with Crippen LogP contribution in [0, 0.1) is 0 Å². The van der Waals surface area contributed by atoms with Crippen molar-refractivity contribution in [3.8, 4) is 0 Å². The predicted molar refractivity (Wildman–Crippen MR) is 42.5 cm³/mol. The molecular weight excluding hydrogens is 227 g/mol. The quantitative estimate of drug-likeness (QED) is 0.691. The number of ether oxygens (including phenoxy) is 1. The predicted octanol–water partition coefficient (Wildman–Crippen LogP) is 0.412. The van der Waals surface area contributed by atoms with Gasteiger partial charge < -0.3 is 9.84 Å². The standard InChI is InChI=1S/C6H8F3NO3.ClH/c7-6(8,9)4-1-10-3(2-13-4)5(11)12;/h3-4,10H,1-2H2,(H,11,12);1H/t3-,4-;/m0./s1. The van der Waals surface area contributed by atoms with E-state index in [1.807, 2.05) is 0 Å². The summed E-state index contributed by atoms with van der Waals surface area (Å²) in [5, 5.41) is 10.6. The normalized spacial score (nSPS) is 27.9. The molecule has 0 bridgehead atoms. The molecule has 0 aliphatic carbocycles. The molecule has 8 heteroatoms. The number of carbonyl (C=O) groups is 1. The number of hydrogen-bond acceptors (Lipinski definition) is 3. The fraction of sp³-hybridized carbons (Fsp3) is 0.833. The fourth-order valence-electron chi connectivity index (χ4n) is 0.948. The number of aliphatic carboxylic acids is 1. The van der Waals surface area contributed by atoms with Crippen molar-refractivity contribution in [3.63, 3.8) is 0 Å². The first kappa shape index (κ1) is 13.5. The number of hydrogen-bond donors (Lipinski definition) is 2. The molecule has 0 amide bonds. The smallest absolute Gasteiger partial charge is 0.415 e. The number of morpholine rings is 1. The lowest BCUT2D eigenvalue weighted by atomic mass is 10.2. The molecule has 0 aromatic heterocycles. The zero-order chi connectivity index (χ0) is 10.1. The summed E-state index contributed by atoms with van der Waals surface area (Å²) >= 11 is 0. The number of carboxylic acids is 1. The molecule has 84 valence electrons. The van der Waals surface area contributed by atoms with Crippen LogP contribution in [0.3, 0.4) is 0 Å². The molecule has 1 heterocycles. The number of halogens is 4. The Balaban J connectivity index is 0.00000169. The summed E-state index contributed by atoms with van der Waals surface area (Å²) in [5.74, 6) is -1.21. The van der Waals surface area contributed by atoms with E-state index in [4.69, 9.17) is 5.11 Å². The number of rotatable bonds is 1. The molecule has 1 rings (SSSR count). The molecule has 4 nitrogen and oxygen atoms in total. The first-order valence-electron chi connectivity index (χ1n) is 3.56. The van der Waals surface area contributed by atoms with Crippen molar-refractivity contribution in [2.24, 2.45) is 0 Å². The second-order valence-electron chi connectivity index (χ2n) is 2.66. The zero-order valence-electron chi connectivity index (χ0n) is 6.87. The van der Waals surface area contributed by atoms with Crippen LogP contribution in [0.4, 0.5) is 13.2 Å². The summed E-state index contributed by atoms with van der Waals surface area (Å²) in [4.78, 5) is 10.3. The van der Waals surface area contributed by atoms with Gasteiger partial charge in [0.25, 0.3) is 0 Å². The van der Waals surface area contributed by atoms with Crippen LogP contribution < -0.4 is 5.32 Å². The van der Waals surface area contributed by atoms with Gasteiger partial charge in [-0.1, -0.05) is 0 Å². The van der Waals surface area contributed by atoms with Crippen molar-refractivity contribution in [1.29, 1.82) is 0 Å². The van der Waals surface area contributed by atoms with Crippen LogP contribution in [0.25, 0.3) is 0 Å². The first-order chi connectivity index (χ1) is 5.91. The highest BCUT2D eigenvalue weighted by molar-refractivity contribution is 5.85. The second-order valence-corrected chi connectivity index (χ2v) is 2.66. The highest BCUT2D eigenvalue weighted by Gasteiger charge is 2.43. The van der Waals surface area contributed by atoms with E-state index in [9.17, 15) is 18.0 Å². The molecule has 0 saturated carbocycles. The third-order valence-corrected chi connectivity index (χ3v) is 1.68. The Morgan fingerprint density at radius 3 is 2.36 bits per heavy atom. The van der Waals surface area contributed by atoms with Crippen molar-refractivity contribution >= 4 is 18.4 Å². The number of nitrogens with one attached hydrogen (secondary N) is 1. The maximum atomic E-state index is 12.0. The first-order valence-corrected chi connectivity index (χ1v) is 3.56. The van der Waals surface area contributed by atoms with E-state index in [2.05, 4.69) is 10.1 Å². The number of carboxylic acid groups (broad SMARTS) is 1. The van der Waals surface area contributed by atoms with Crippen LogP contribution in [-0.2, 0) is 9.53 Å². The third kappa shape index (κ3) is 3.32. The van der Waals surface area contributed by atoms with Crippen molar-refractivity contribution < 1.29 is 27.8 Å². The van der Waals surface area contributed by atoms with E-state index in [-0.39, 0.29) is 12.4 Å². The summed E-state index contributed by atoms with van der Waals surface area (Å²) < 4.78 is 40.2. The molecule has 0 radical (unpaired) electrons. The van der Waals surface area contributed by atoms with Crippen molar-refractivity contribution in [1.82, 2.24) is 5.32 Å². The lowest BCUT2D eigenvalue weighted by Crippen LogP contribution is -2.54. The molecule has 1 aliphatic heterocycles. The van der Waals surface area contributed by atoms with Gasteiger partial charge in [0.15, 0.2) is 6.10 Å². The van der Waals surface area contributed by atoms with E-state index < -0.39 is 37.4 Å². The molecule has 0 aromatic rings. The number of alkyl halides is 3. The third-order valence-electron chi connectivity index (χ3n) is 1.68. The van der Waals surface area contributed by atoms with Gasteiger partial charge in [0.05, 0.1) is 6.61 Å². The van der Waals surface area contributed by atoms with E-state index in [0.29, 0.717) is 0 Å². The summed E-state index contributed by atoms with van der Waals surface area (Å²) in [6.07, 6.45) is -6.33. The monoisotopic (exact) mass is 235 g/mol. The molecule has 1 fully saturated rings. The Bertz CT molecular complexity index is 203. The van der Waals surface area contributed by atoms with Crippen molar-refractivity contribution in [3.05, 3.63) is 0 Å². The Labute approximate surface area is 83.8 Å². The largest absolute Gasteiger partial charge is 0.480 e. The second kappa shape index (κ2) is 4.81. The van der Waals surface area contributed by atoms with Gasteiger partial charge in [-0.15, -0.1) is 12.4 Å². The lowest BCUT2D eigenvalue weighted by molar-refractivity contribution is -0.229. The van der Waals surface area contributed by atoms with E-state index >= 15 is 0 Å². The van der Waals surface area contributed by atoms with Crippen LogP contribution in [-0.4, -0.2) is 42.5 Å². The van der Waals surface area contributed by atoms with Gasteiger partial charge >= 0.3 is 12.1 Å². The van der Waals surface area contributed by atoms with Gasteiger partial charge in [-0.25, -0.2) is 0 Å². The van der Waals surface area contributed by atoms with Crippen LogP contribution in [0.5, 0.6) is 0 Å². The van der Waals surface area contributed by atoms with Gasteiger partial charge in [0, 0.05) is 6.54 Å². The minimum atomic E-state index is -4.43. The van der Waals surface area contributed by atoms with Gasteiger partial charge in [-0.3, -0.25) is 10.1 Å². The topological polar surface area (TPSA) is 58.6 Å². The molecule has 1 saturated heterocycles. The minimum absolute atomic E-state index is 0. The summed E-state index contributed by atoms with van der Waals surface area (Å²) in [7, 11) is 0. The molecule has 0 unspecified atom stereocenters. The Morgan fingerprint density at radius 2 is 2.07 bits per heavy atom. The Kier molecular flexibility index (Phi) is 4.63. The highest BCUT2D eigenvalue weighted by Crippen LogP contribution is 2.24. The molecule has 2 N–H and O–H groups in total. The Hall–Kier alpha value is -0.530. The van der Waals surface area contributed by atoms with Gasteiger partial charge in [-0.2, -0.15) is 13.2 Å². The lowest BCUT2D eigenvalue weighted by Gasteiger charge is -2.29. The van der Waals surface area contributed by atoms with Gasteiger partial charge in [0.2, 0.25) is 0 Å². The van der Waals surface area contributed by atoms with Crippen LogP contribution in [0.2, 0.25) is 0 Å². The molecule has 0 spiro atoms. The van der Waals surface area contributed by atoms with E-state index in [1.54, 1.807) is 0 Å². The van der Waals surface area contributed by atoms with Crippen molar-refractivity contribution in [2.75, 3.05) is 13.2 Å². The highest BCUT2D eigenvalue weighted by atomic mass is 35.5. The SMILES string of the molecule is Cl.O=C(O)[C@@H]1CO[C@H](C(F)(F)F)CN1. The molecule has 2 atom stereocenters. The van der Waals surface area contributed by atoms with Crippen LogP contribution in [0.1, 0.15) is 0 Å². The van der Waals surface area contributed by atoms with Crippen LogP contribution in [0.15, 0.2) is 0 Å². The fourth-order valence-corrected chi connectivity index (χ4v) is 0.948. The van der Waals surface area contributed by atoms with Gasteiger partial charge in [0.1, 0.15) is 6.04 Å². The molecule has 0 aromatic carbocycles. The maximum absolute atomic E-state index is 12.0. The molecule has 14 heavy (non-hydrogen) atoms. The maximum Gasteiger partial charge on any atom is 0.415 e. The average Bonchev–Trinajstić information content (AvgIpc) is 2.03. The Morgan fingerprint density at radius 1 is 1.50 bits per heavy atom. The molecular formula is C6H9ClF3NO3.